The van der Waals surface area contributed by atoms with Crippen LogP contribution in [-0.4, -0.2) is 45.2 Å². The number of aryl methyl sites for hydroxylation is 2. The van der Waals surface area contributed by atoms with Crippen molar-refractivity contribution in [2.24, 2.45) is 14.1 Å². The Morgan fingerprint density at radius 2 is 1.05 bits per heavy atom. The maximum absolute atomic E-state index is 14.7. The molecule has 6 aromatic heterocycles. The molecule has 0 amide bonds. The summed E-state index contributed by atoms with van der Waals surface area (Å²) < 4.78 is 47.8. The van der Waals surface area contributed by atoms with E-state index in [4.69, 9.17) is 0 Å². The van der Waals surface area contributed by atoms with Gasteiger partial charge in [0.05, 0.1) is 44.3 Å². The van der Waals surface area contributed by atoms with Crippen LogP contribution in [0.4, 0.5) is 13.2 Å². The van der Waals surface area contributed by atoms with Crippen LogP contribution in [0.5, 0.6) is 0 Å². The highest BCUT2D eigenvalue weighted by molar-refractivity contribution is 5.78. The number of H-pyrrole nitrogens is 4. The van der Waals surface area contributed by atoms with Gasteiger partial charge in [-0.3, -0.25) is 0 Å². The molecule has 41 heavy (non-hydrogen) atoms. The number of aromatic amines is 4. The lowest BCUT2D eigenvalue weighted by Crippen LogP contribution is -2.25. The van der Waals surface area contributed by atoms with E-state index in [1.54, 1.807) is 36.9 Å². The summed E-state index contributed by atoms with van der Waals surface area (Å²) in [4.78, 5) is 22.1. The van der Waals surface area contributed by atoms with Gasteiger partial charge >= 0.3 is 6.18 Å². The van der Waals surface area contributed by atoms with Crippen molar-refractivity contribution in [1.82, 2.24) is 39.0 Å². The van der Waals surface area contributed by atoms with Crippen LogP contribution < -0.4 is 21.4 Å². The second-order valence-corrected chi connectivity index (χ2v) is 10.1. The van der Waals surface area contributed by atoms with E-state index in [-0.39, 0.29) is 11.0 Å². The molecule has 11 heteroatoms. The second-order valence-electron chi connectivity index (χ2n) is 10.1. The van der Waals surface area contributed by atoms with Crippen molar-refractivity contribution >= 4 is 22.3 Å². The van der Waals surface area contributed by atoms with Gasteiger partial charge in [0.25, 0.3) is 0 Å². The van der Waals surface area contributed by atoms with Crippen LogP contribution in [0.2, 0.25) is 0 Å². The summed E-state index contributed by atoms with van der Waals surface area (Å²) in [7, 11) is 3.70. The van der Waals surface area contributed by atoms with Crippen molar-refractivity contribution in [3.05, 3.63) is 129 Å². The lowest BCUT2D eigenvalue weighted by Gasteiger charge is -2.10. The van der Waals surface area contributed by atoms with Crippen molar-refractivity contribution in [1.29, 1.82) is 0 Å². The molecule has 0 atom stereocenters. The Labute approximate surface area is 230 Å². The summed E-state index contributed by atoms with van der Waals surface area (Å²) in [5, 5.41) is 2.03. The van der Waals surface area contributed by atoms with E-state index in [0.717, 1.165) is 27.7 Å². The third-order valence-corrected chi connectivity index (χ3v) is 7.54. The minimum Gasteiger partial charge on any atom is -0.355 e. The molecule has 7 heterocycles. The molecule has 0 aromatic carbocycles. The summed E-state index contributed by atoms with van der Waals surface area (Å²) in [5.41, 5.74) is 3.50. The van der Waals surface area contributed by atoms with Gasteiger partial charge in [0.2, 0.25) is 0 Å². The number of nitrogens with zero attached hydrogens (tertiary/aromatic N) is 4. The molecule has 0 fully saturated rings. The van der Waals surface area contributed by atoms with Gasteiger partial charge in [0.15, 0.2) is 0 Å². The van der Waals surface area contributed by atoms with Crippen molar-refractivity contribution in [2.45, 2.75) is 13.1 Å². The molecule has 0 aliphatic carbocycles. The van der Waals surface area contributed by atoms with Crippen LogP contribution in [0, 0.1) is 0 Å². The highest BCUT2D eigenvalue weighted by Crippen LogP contribution is 2.32. The number of hydrogen-bond donors (Lipinski definition) is 4. The van der Waals surface area contributed by atoms with Crippen LogP contribution in [0.25, 0.3) is 22.3 Å². The Balaban J connectivity index is 1.64. The standard InChI is InChI=1S/C30H25F3N8/c1-16-17-4-6-19(36-17)25(28-34-12-14-40(28)2)21-8-10-23(38-21)27(30(31,32)33)24-11-9-22(39-24)26(20-7-5-18(16)37-20)29-35-13-15-41(29)3/h4-15,36-39H,1-3H3. The number of imidazole rings is 2. The Hall–Kier alpha value is -5.19. The first kappa shape index (κ1) is 24.8. The molecule has 0 spiro atoms. The topological polar surface area (TPSA) is 98.8 Å². The third kappa shape index (κ3) is 4.00. The fourth-order valence-corrected chi connectivity index (χ4v) is 5.47. The van der Waals surface area contributed by atoms with Crippen molar-refractivity contribution < 1.29 is 13.2 Å². The maximum atomic E-state index is 14.7. The summed E-state index contributed by atoms with van der Waals surface area (Å²) in [6, 6.07) is 14.0. The number of hydrogen-bond acceptors (Lipinski definition) is 2. The second kappa shape index (κ2) is 8.91. The molecular weight excluding hydrogens is 529 g/mol. The van der Waals surface area contributed by atoms with E-state index in [0.29, 0.717) is 33.8 Å². The van der Waals surface area contributed by atoms with Crippen LogP contribution in [0.1, 0.15) is 41.3 Å². The molecule has 206 valence electrons. The van der Waals surface area contributed by atoms with E-state index < -0.39 is 11.7 Å². The van der Waals surface area contributed by atoms with Gasteiger partial charge in [-0.2, -0.15) is 13.2 Å². The molecule has 0 unspecified atom stereocenters. The van der Waals surface area contributed by atoms with Gasteiger partial charge < -0.3 is 29.1 Å². The zero-order chi connectivity index (χ0) is 28.5. The minimum absolute atomic E-state index is 0.0603. The van der Waals surface area contributed by atoms with Gasteiger partial charge in [-0.1, -0.05) is 0 Å². The number of rotatable bonds is 2. The molecule has 6 aromatic rings. The molecule has 8 nitrogen and oxygen atoms in total. The molecule has 4 N–H and O–H groups in total. The maximum Gasteiger partial charge on any atom is 0.420 e. The minimum atomic E-state index is -4.65. The molecule has 0 saturated carbocycles. The lowest BCUT2D eigenvalue weighted by molar-refractivity contribution is -0.0698. The number of aromatic nitrogens is 8. The molecule has 1 aliphatic heterocycles. The Kier molecular flexibility index (Phi) is 5.40. The Morgan fingerprint density at radius 3 is 1.59 bits per heavy atom. The van der Waals surface area contributed by atoms with E-state index >= 15 is 0 Å². The van der Waals surface area contributed by atoms with Crippen LogP contribution >= 0.6 is 0 Å². The highest BCUT2D eigenvalue weighted by atomic mass is 19.4. The number of alkyl halides is 3. The first-order chi connectivity index (χ1) is 19.7. The van der Waals surface area contributed by atoms with Gasteiger partial charge in [-0.15, -0.1) is 0 Å². The van der Waals surface area contributed by atoms with Crippen LogP contribution in [0.3, 0.4) is 0 Å². The molecule has 0 radical (unpaired) electrons. The zero-order valence-corrected chi connectivity index (χ0v) is 22.4. The van der Waals surface area contributed by atoms with Gasteiger partial charge in [-0.05, 0) is 61.0 Å². The number of fused-ring (bicyclic) bond motifs is 8. The SMILES string of the molecule is CC1=c2ccc([nH]2)=C(c2nccn2C)c2ccc([nH]2)C(C(F)(F)F)=c2ccc([nH]2)=C(c2nccn2C)c2ccc1[nH]2. The largest absolute Gasteiger partial charge is 0.420 e. The molecular formula is C30H25F3N8. The molecule has 7 rings (SSSR count). The quantitative estimate of drug-likeness (QED) is 0.264. The van der Waals surface area contributed by atoms with E-state index in [9.17, 15) is 13.2 Å². The van der Waals surface area contributed by atoms with Crippen molar-refractivity contribution in [3.8, 4) is 0 Å². The summed E-state index contributed by atoms with van der Waals surface area (Å²) in [6.45, 7) is 2.01. The summed E-state index contributed by atoms with van der Waals surface area (Å²) in [5.74, 6) is 1.22. The highest BCUT2D eigenvalue weighted by Gasteiger charge is 2.37. The number of halogens is 3. The average Bonchev–Trinajstić information content (AvgIpc) is 3.76. The third-order valence-electron chi connectivity index (χ3n) is 7.54. The zero-order valence-electron chi connectivity index (χ0n) is 22.4. The van der Waals surface area contributed by atoms with Gasteiger partial charge in [0.1, 0.15) is 17.2 Å². The predicted molar refractivity (Wildman–Crippen MR) is 148 cm³/mol. The first-order valence-electron chi connectivity index (χ1n) is 12.9. The monoisotopic (exact) mass is 554 g/mol. The first-order valence-corrected chi connectivity index (χ1v) is 12.9. The number of nitrogens with one attached hydrogen (secondary N) is 4. The summed E-state index contributed by atoms with van der Waals surface area (Å²) in [6.07, 6.45) is 2.28. The smallest absolute Gasteiger partial charge is 0.355 e. The van der Waals surface area contributed by atoms with Crippen molar-refractivity contribution in [3.63, 3.8) is 0 Å². The normalized spacial score (nSPS) is 13.9. The lowest BCUT2D eigenvalue weighted by atomic mass is 10.1. The van der Waals surface area contributed by atoms with Crippen LogP contribution in [0.15, 0.2) is 73.3 Å². The molecule has 1 aliphatic rings. The summed E-state index contributed by atoms with van der Waals surface area (Å²) >= 11 is 0. The fourth-order valence-electron chi connectivity index (χ4n) is 5.47. The fraction of sp³-hybridized carbons (Fsp3) is 0.133. The average molecular weight is 555 g/mol. The van der Waals surface area contributed by atoms with E-state index in [1.807, 2.05) is 54.4 Å². The van der Waals surface area contributed by atoms with Crippen molar-refractivity contribution in [2.75, 3.05) is 0 Å². The molecule has 8 bridgehead atoms. The van der Waals surface area contributed by atoms with Crippen LogP contribution in [-0.2, 0) is 14.1 Å². The van der Waals surface area contributed by atoms with E-state index in [1.165, 1.54) is 12.1 Å². The van der Waals surface area contributed by atoms with Gasteiger partial charge in [-0.25, -0.2) is 9.97 Å². The Bertz CT molecular complexity index is 2190. The van der Waals surface area contributed by atoms with E-state index in [2.05, 4.69) is 29.9 Å². The Morgan fingerprint density at radius 1 is 0.585 bits per heavy atom. The predicted octanol–water partition coefficient (Wildman–Crippen LogP) is 2.25. The van der Waals surface area contributed by atoms with Gasteiger partial charge in [0, 0.05) is 49.9 Å². The molecule has 0 saturated heterocycles.